The van der Waals surface area contributed by atoms with Gasteiger partial charge in [0.2, 0.25) is 0 Å². The van der Waals surface area contributed by atoms with Crippen molar-refractivity contribution in [2.24, 2.45) is 0 Å². The number of nitrogens with zero attached hydrogens (tertiary/aromatic N) is 2. The number of carbonyl (C=O) groups is 2. The highest BCUT2D eigenvalue weighted by Gasteiger charge is 2.19. The Labute approximate surface area is 195 Å². The molecule has 9 heteroatoms. The Morgan fingerprint density at radius 3 is 2.48 bits per heavy atom. The SMILES string of the molecule is Clc1ccc2occ(CCN3CCN(c4cccc5[nH]ccc45)CC3)c2c1.O=C(O)C(=O)O. The molecule has 0 unspecified atom stereocenters. The van der Waals surface area contributed by atoms with Crippen LogP contribution in [0.5, 0.6) is 0 Å². The van der Waals surface area contributed by atoms with E-state index in [9.17, 15) is 0 Å². The number of aliphatic carboxylic acids is 2. The van der Waals surface area contributed by atoms with Gasteiger partial charge in [0.1, 0.15) is 5.58 Å². The Bertz CT molecular complexity index is 1260. The number of furan rings is 1. The van der Waals surface area contributed by atoms with Crippen LogP contribution in [0.1, 0.15) is 5.56 Å². The summed E-state index contributed by atoms with van der Waals surface area (Å²) in [5.41, 5.74) is 4.70. The number of aromatic amines is 1. The molecule has 0 amide bonds. The van der Waals surface area contributed by atoms with Gasteiger partial charge in [-0.1, -0.05) is 17.7 Å². The second-order valence-electron chi connectivity index (χ2n) is 7.81. The molecule has 1 aliphatic rings. The number of carboxylic acid groups (broad SMARTS) is 2. The minimum atomic E-state index is -1.82. The third-order valence-corrected chi connectivity index (χ3v) is 6.02. The molecule has 5 rings (SSSR count). The van der Waals surface area contributed by atoms with Gasteiger partial charge in [0.05, 0.1) is 6.26 Å². The molecule has 1 aliphatic heterocycles. The van der Waals surface area contributed by atoms with E-state index < -0.39 is 11.9 Å². The number of rotatable bonds is 4. The molecule has 0 radical (unpaired) electrons. The average molecular weight is 470 g/mol. The molecule has 0 spiro atoms. The van der Waals surface area contributed by atoms with Crippen molar-refractivity contribution in [3.8, 4) is 0 Å². The zero-order valence-corrected chi connectivity index (χ0v) is 18.6. The summed E-state index contributed by atoms with van der Waals surface area (Å²) in [5, 5.41) is 18.0. The van der Waals surface area contributed by atoms with Crippen molar-refractivity contribution in [1.82, 2.24) is 9.88 Å². The molecule has 1 fully saturated rings. The minimum Gasteiger partial charge on any atom is -0.473 e. The van der Waals surface area contributed by atoms with E-state index in [0.717, 1.165) is 55.1 Å². The molecular formula is C24H24ClN3O5. The van der Waals surface area contributed by atoms with Gasteiger partial charge in [-0.3, -0.25) is 4.90 Å². The Balaban J connectivity index is 0.000000385. The minimum absolute atomic E-state index is 0.762. The van der Waals surface area contributed by atoms with Gasteiger partial charge in [-0.05, 0) is 48.4 Å². The van der Waals surface area contributed by atoms with E-state index in [0.29, 0.717) is 0 Å². The largest absolute Gasteiger partial charge is 0.473 e. The van der Waals surface area contributed by atoms with Crippen molar-refractivity contribution in [2.75, 3.05) is 37.6 Å². The summed E-state index contributed by atoms with van der Waals surface area (Å²) < 4.78 is 5.66. The van der Waals surface area contributed by atoms with Crippen molar-refractivity contribution in [1.29, 1.82) is 0 Å². The van der Waals surface area contributed by atoms with Crippen LogP contribution in [0, 0.1) is 0 Å². The maximum absolute atomic E-state index is 9.10. The quantitative estimate of drug-likeness (QED) is 0.386. The molecule has 1 saturated heterocycles. The lowest BCUT2D eigenvalue weighted by Crippen LogP contribution is -2.47. The molecule has 0 bridgehead atoms. The molecule has 8 nitrogen and oxygen atoms in total. The highest BCUT2D eigenvalue weighted by atomic mass is 35.5. The van der Waals surface area contributed by atoms with Crippen molar-refractivity contribution in [2.45, 2.75) is 6.42 Å². The van der Waals surface area contributed by atoms with Gasteiger partial charge in [-0.2, -0.15) is 0 Å². The van der Waals surface area contributed by atoms with Gasteiger partial charge >= 0.3 is 11.9 Å². The molecule has 3 N–H and O–H groups in total. The molecule has 0 saturated carbocycles. The highest BCUT2D eigenvalue weighted by molar-refractivity contribution is 6.31. The van der Waals surface area contributed by atoms with Crippen LogP contribution in [0.25, 0.3) is 21.9 Å². The maximum atomic E-state index is 9.10. The monoisotopic (exact) mass is 469 g/mol. The zero-order valence-electron chi connectivity index (χ0n) is 17.8. The van der Waals surface area contributed by atoms with E-state index in [1.165, 1.54) is 22.2 Å². The summed E-state index contributed by atoms with van der Waals surface area (Å²) in [6, 6.07) is 14.5. The Kier molecular flexibility index (Phi) is 6.86. The lowest BCUT2D eigenvalue weighted by atomic mass is 10.1. The predicted octanol–water partition coefficient (Wildman–Crippen LogP) is 4.09. The van der Waals surface area contributed by atoms with E-state index in [1.54, 1.807) is 0 Å². The smallest absolute Gasteiger partial charge is 0.414 e. The summed E-state index contributed by atoms with van der Waals surface area (Å²) in [6.07, 6.45) is 4.89. The van der Waals surface area contributed by atoms with Gasteiger partial charge in [-0.25, -0.2) is 9.59 Å². The van der Waals surface area contributed by atoms with Crippen LogP contribution in [-0.2, 0) is 16.0 Å². The fourth-order valence-electron chi connectivity index (χ4n) is 4.08. The van der Waals surface area contributed by atoms with Crippen LogP contribution in [0.4, 0.5) is 5.69 Å². The number of aromatic nitrogens is 1. The molecule has 4 aromatic rings. The number of carboxylic acids is 2. The first-order valence-electron chi connectivity index (χ1n) is 10.6. The first-order chi connectivity index (χ1) is 15.9. The van der Waals surface area contributed by atoms with Crippen LogP contribution in [0.2, 0.25) is 5.02 Å². The Hall–Kier alpha value is -3.49. The predicted molar refractivity (Wildman–Crippen MR) is 127 cm³/mol. The summed E-state index contributed by atoms with van der Waals surface area (Å²) in [4.78, 5) is 26.5. The highest BCUT2D eigenvalue weighted by Crippen LogP contribution is 2.28. The normalized spacial score (nSPS) is 14.3. The van der Waals surface area contributed by atoms with Crippen molar-refractivity contribution < 1.29 is 24.2 Å². The lowest BCUT2D eigenvalue weighted by molar-refractivity contribution is -0.159. The second-order valence-corrected chi connectivity index (χ2v) is 8.24. The Morgan fingerprint density at radius 2 is 1.76 bits per heavy atom. The van der Waals surface area contributed by atoms with Crippen LogP contribution in [0.15, 0.2) is 59.3 Å². The number of piperazine rings is 1. The second kappa shape index (κ2) is 9.97. The van der Waals surface area contributed by atoms with Crippen LogP contribution >= 0.6 is 11.6 Å². The van der Waals surface area contributed by atoms with E-state index >= 15 is 0 Å². The van der Waals surface area contributed by atoms with Gasteiger partial charge in [0.15, 0.2) is 0 Å². The molecule has 172 valence electrons. The van der Waals surface area contributed by atoms with Crippen LogP contribution in [-0.4, -0.2) is 64.8 Å². The number of nitrogens with one attached hydrogen (secondary N) is 1. The van der Waals surface area contributed by atoms with Crippen molar-refractivity contribution in [3.63, 3.8) is 0 Å². The summed E-state index contributed by atoms with van der Waals surface area (Å²) in [6.45, 7) is 5.32. The molecule has 2 aromatic heterocycles. The summed E-state index contributed by atoms with van der Waals surface area (Å²) >= 11 is 6.14. The third-order valence-electron chi connectivity index (χ3n) is 5.78. The number of benzene rings is 2. The van der Waals surface area contributed by atoms with Gasteiger partial charge in [-0.15, -0.1) is 0 Å². The molecule has 2 aromatic carbocycles. The number of fused-ring (bicyclic) bond motifs is 2. The van der Waals surface area contributed by atoms with E-state index in [1.807, 2.05) is 30.7 Å². The van der Waals surface area contributed by atoms with Crippen molar-refractivity contribution in [3.05, 3.63) is 65.5 Å². The number of H-pyrrole nitrogens is 1. The van der Waals surface area contributed by atoms with E-state index in [-0.39, 0.29) is 0 Å². The van der Waals surface area contributed by atoms with Gasteiger partial charge in [0, 0.05) is 65.9 Å². The van der Waals surface area contributed by atoms with E-state index in [2.05, 4.69) is 39.0 Å². The summed E-state index contributed by atoms with van der Waals surface area (Å²) in [5.74, 6) is -3.65. The fourth-order valence-corrected chi connectivity index (χ4v) is 4.26. The summed E-state index contributed by atoms with van der Waals surface area (Å²) in [7, 11) is 0. The molecular weight excluding hydrogens is 446 g/mol. The van der Waals surface area contributed by atoms with Gasteiger partial charge in [0.25, 0.3) is 0 Å². The molecule has 0 aliphatic carbocycles. The lowest BCUT2D eigenvalue weighted by Gasteiger charge is -2.36. The number of anilines is 1. The maximum Gasteiger partial charge on any atom is 0.414 e. The van der Waals surface area contributed by atoms with Crippen LogP contribution < -0.4 is 4.90 Å². The number of hydrogen-bond donors (Lipinski definition) is 3. The fraction of sp³-hybridized carbons (Fsp3) is 0.250. The zero-order chi connectivity index (χ0) is 23.4. The Morgan fingerprint density at radius 1 is 1.00 bits per heavy atom. The molecule has 3 heterocycles. The number of hydrogen-bond acceptors (Lipinski definition) is 5. The van der Waals surface area contributed by atoms with Gasteiger partial charge < -0.3 is 24.5 Å². The number of halogens is 1. The first-order valence-corrected chi connectivity index (χ1v) is 11.0. The average Bonchev–Trinajstić information content (AvgIpc) is 3.45. The topological polar surface area (TPSA) is 110 Å². The van der Waals surface area contributed by atoms with Crippen LogP contribution in [0.3, 0.4) is 0 Å². The van der Waals surface area contributed by atoms with Crippen molar-refractivity contribution >= 4 is 51.1 Å². The molecule has 33 heavy (non-hydrogen) atoms. The van der Waals surface area contributed by atoms with E-state index in [4.69, 9.17) is 35.8 Å². The molecule has 0 atom stereocenters. The third kappa shape index (κ3) is 5.30. The first kappa shape index (κ1) is 22.7. The standard InChI is InChI=1S/C22H22ClN3O.C2H2O4/c23-17-4-5-22-19(14-17)16(15-27-22)7-9-25-10-12-26(13-11-25)21-3-1-2-20-18(21)6-8-24-20;3-1(4)2(5)6/h1-6,8,14-15,24H,7,9-13H2;(H,3,4)(H,5,6).